The SMILES string of the molecule is CC(=O)n1cc(C(=O)NCCc2ccc(Cl)cc2)c2cc(Cl)ccc21. The Hall–Kier alpha value is -2.30. The van der Waals surface area contributed by atoms with Gasteiger partial charge in [0.1, 0.15) is 0 Å². The average Bonchev–Trinajstić information content (AvgIpc) is 2.95. The Morgan fingerprint density at radius 3 is 2.40 bits per heavy atom. The minimum absolute atomic E-state index is 0.160. The Bertz CT molecular complexity index is 946. The summed E-state index contributed by atoms with van der Waals surface area (Å²) >= 11 is 11.9. The van der Waals surface area contributed by atoms with E-state index in [1.807, 2.05) is 24.3 Å². The topological polar surface area (TPSA) is 51.1 Å². The lowest BCUT2D eigenvalue weighted by atomic mass is 10.1. The first-order chi connectivity index (χ1) is 12.0. The normalized spacial score (nSPS) is 10.8. The van der Waals surface area contributed by atoms with Crippen LogP contribution in [-0.2, 0) is 6.42 Å². The first-order valence-electron chi connectivity index (χ1n) is 7.80. The summed E-state index contributed by atoms with van der Waals surface area (Å²) in [5.74, 6) is -0.395. The minimum atomic E-state index is -0.235. The number of halogens is 2. The Balaban J connectivity index is 1.78. The average molecular weight is 375 g/mol. The van der Waals surface area contributed by atoms with Gasteiger partial charge in [0.05, 0.1) is 11.1 Å². The zero-order chi connectivity index (χ0) is 18.0. The molecule has 0 atom stereocenters. The number of amides is 1. The summed E-state index contributed by atoms with van der Waals surface area (Å²) in [4.78, 5) is 24.3. The number of hydrogen-bond acceptors (Lipinski definition) is 2. The van der Waals surface area contributed by atoms with Gasteiger partial charge in [-0.3, -0.25) is 14.2 Å². The van der Waals surface area contributed by atoms with Crippen molar-refractivity contribution in [1.29, 1.82) is 0 Å². The summed E-state index contributed by atoms with van der Waals surface area (Å²) in [6.07, 6.45) is 2.25. The molecule has 0 unspecified atom stereocenters. The third-order valence-electron chi connectivity index (χ3n) is 3.96. The van der Waals surface area contributed by atoms with E-state index in [0.717, 1.165) is 5.56 Å². The quantitative estimate of drug-likeness (QED) is 0.726. The molecule has 1 heterocycles. The highest BCUT2D eigenvalue weighted by Gasteiger charge is 2.17. The Morgan fingerprint density at radius 1 is 1.04 bits per heavy atom. The van der Waals surface area contributed by atoms with Gasteiger partial charge in [-0.05, 0) is 42.3 Å². The molecular formula is C19H16Cl2N2O2. The summed E-state index contributed by atoms with van der Waals surface area (Å²) in [7, 11) is 0. The molecule has 1 N–H and O–H groups in total. The molecule has 6 heteroatoms. The van der Waals surface area contributed by atoms with Gasteiger partial charge in [0, 0.05) is 35.1 Å². The number of hydrogen-bond donors (Lipinski definition) is 1. The van der Waals surface area contributed by atoms with E-state index < -0.39 is 0 Å². The smallest absolute Gasteiger partial charge is 0.253 e. The molecule has 0 aliphatic rings. The second-order valence-electron chi connectivity index (χ2n) is 5.73. The second-order valence-corrected chi connectivity index (χ2v) is 6.60. The fraction of sp³-hybridized carbons (Fsp3) is 0.158. The van der Waals surface area contributed by atoms with Crippen LogP contribution in [0.2, 0.25) is 10.0 Å². The highest BCUT2D eigenvalue weighted by Crippen LogP contribution is 2.25. The van der Waals surface area contributed by atoms with Crippen LogP contribution in [-0.4, -0.2) is 22.9 Å². The van der Waals surface area contributed by atoms with Crippen LogP contribution in [0.1, 0.15) is 27.6 Å². The number of nitrogens with zero attached hydrogens (tertiary/aromatic N) is 1. The predicted octanol–water partition coefficient (Wildman–Crippen LogP) is 4.58. The summed E-state index contributed by atoms with van der Waals surface area (Å²) in [6.45, 7) is 1.93. The van der Waals surface area contributed by atoms with Crippen LogP contribution in [0, 0.1) is 0 Å². The standard InChI is InChI=1S/C19H16Cl2N2O2/c1-12(24)23-11-17(16-10-15(21)6-7-18(16)23)19(25)22-9-8-13-2-4-14(20)5-3-13/h2-7,10-11H,8-9H2,1H3,(H,22,25). The summed E-state index contributed by atoms with van der Waals surface area (Å²) in [6, 6.07) is 12.6. The molecule has 3 rings (SSSR count). The van der Waals surface area contributed by atoms with Gasteiger partial charge >= 0.3 is 0 Å². The van der Waals surface area contributed by atoms with Gasteiger partial charge in [0.25, 0.3) is 5.91 Å². The van der Waals surface area contributed by atoms with Crippen LogP contribution in [0.15, 0.2) is 48.7 Å². The van der Waals surface area contributed by atoms with Gasteiger partial charge in [-0.2, -0.15) is 0 Å². The fourth-order valence-electron chi connectivity index (χ4n) is 2.71. The minimum Gasteiger partial charge on any atom is -0.352 e. The predicted molar refractivity (Wildman–Crippen MR) is 101 cm³/mol. The molecule has 0 fully saturated rings. The number of nitrogens with one attached hydrogen (secondary N) is 1. The molecular weight excluding hydrogens is 359 g/mol. The van der Waals surface area contributed by atoms with E-state index in [9.17, 15) is 9.59 Å². The lowest BCUT2D eigenvalue weighted by Crippen LogP contribution is -2.25. The second kappa shape index (κ2) is 7.30. The number of aromatic nitrogens is 1. The number of fused-ring (bicyclic) bond motifs is 1. The maximum atomic E-state index is 12.6. The number of carbonyl (C=O) groups excluding carboxylic acids is 2. The van der Waals surface area contributed by atoms with Gasteiger partial charge in [-0.1, -0.05) is 35.3 Å². The molecule has 4 nitrogen and oxygen atoms in total. The largest absolute Gasteiger partial charge is 0.352 e. The van der Waals surface area contributed by atoms with Crippen molar-refractivity contribution in [3.63, 3.8) is 0 Å². The van der Waals surface area contributed by atoms with Gasteiger partial charge in [0.15, 0.2) is 0 Å². The van der Waals surface area contributed by atoms with E-state index in [0.29, 0.717) is 39.5 Å². The lowest BCUT2D eigenvalue weighted by Gasteiger charge is -2.05. The third-order valence-corrected chi connectivity index (χ3v) is 4.45. The highest BCUT2D eigenvalue weighted by atomic mass is 35.5. The van der Waals surface area contributed by atoms with E-state index in [4.69, 9.17) is 23.2 Å². The maximum Gasteiger partial charge on any atom is 0.253 e. The van der Waals surface area contributed by atoms with Gasteiger partial charge < -0.3 is 5.32 Å². The molecule has 0 aliphatic heterocycles. The Labute approximate surface area is 155 Å². The molecule has 1 amide bonds. The van der Waals surface area contributed by atoms with Crippen molar-refractivity contribution in [1.82, 2.24) is 9.88 Å². The number of rotatable bonds is 4. The zero-order valence-corrected chi connectivity index (χ0v) is 15.1. The van der Waals surface area contributed by atoms with Gasteiger partial charge in [-0.25, -0.2) is 0 Å². The van der Waals surface area contributed by atoms with E-state index in [2.05, 4.69) is 5.32 Å². The van der Waals surface area contributed by atoms with E-state index in [-0.39, 0.29) is 11.8 Å². The van der Waals surface area contributed by atoms with Crippen molar-refractivity contribution in [3.8, 4) is 0 Å². The van der Waals surface area contributed by atoms with Crippen molar-refractivity contribution in [3.05, 3.63) is 69.8 Å². The number of carbonyl (C=O) groups is 2. The lowest BCUT2D eigenvalue weighted by molar-refractivity contribution is 0.0941. The van der Waals surface area contributed by atoms with Gasteiger partial charge in [-0.15, -0.1) is 0 Å². The molecule has 0 saturated heterocycles. The van der Waals surface area contributed by atoms with Crippen LogP contribution in [0.3, 0.4) is 0 Å². The molecule has 2 aromatic carbocycles. The van der Waals surface area contributed by atoms with Crippen LogP contribution in [0.5, 0.6) is 0 Å². The highest BCUT2D eigenvalue weighted by molar-refractivity contribution is 6.31. The molecule has 0 bridgehead atoms. The maximum absolute atomic E-state index is 12.6. The number of benzene rings is 2. The Morgan fingerprint density at radius 2 is 1.72 bits per heavy atom. The van der Waals surface area contributed by atoms with Gasteiger partial charge in [0.2, 0.25) is 5.91 Å². The molecule has 0 spiro atoms. The molecule has 0 radical (unpaired) electrons. The van der Waals surface area contributed by atoms with Crippen LogP contribution in [0.25, 0.3) is 10.9 Å². The summed E-state index contributed by atoms with van der Waals surface area (Å²) < 4.78 is 1.46. The molecule has 1 aromatic heterocycles. The molecule has 3 aromatic rings. The first-order valence-corrected chi connectivity index (χ1v) is 8.55. The van der Waals surface area contributed by atoms with Crippen molar-refractivity contribution in [2.24, 2.45) is 0 Å². The Kier molecular flexibility index (Phi) is 5.11. The monoisotopic (exact) mass is 374 g/mol. The van der Waals surface area contributed by atoms with Crippen molar-refractivity contribution in [2.45, 2.75) is 13.3 Å². The van der Waals surface area contributed by atoms with Crippen molar-refractivity contribution in [2.75, 3.05) is 6.54 Å². The van der Waals surface area contributed by atoms with Crippen LogP contribution < -0.4 is 5.32 Å². The van der Waals surface area contributed by atoms with E-state index >= 15 is 0 Å². The zero-order valence-electron chi connectivity index (χ0n) is 13.6. The summed E-state index contributed by atoms with van der Waals surface area (Å²) in [5, 5.41) is 4.74. The van der Waals surface area contributed by atoms with Crippen LogP contribution in [0.4, 0.5) is 0 Å². The van der Waals surface area contributed by atoms with Crippen LogP contribution >= 0.6 is 23.2 Å². The van der Waals surface area contributed by atoms with E-state index in [1.165, 1.54) is 11.5 Å². The molecule has 128 valence electrons. The van der Waals surface area contributed by atoms with Crippen molar-refractivity contribution >= 4 is 45.9 Å². The summed E-state index contributed by atoms with van der Waals surface area (Å²) in [5.41, 5.74) is 2.18. The first kappa shape index (κ1) is 17.5. The molecule has 25 heavy (non-hydrogen) atoms. The fourth-order valence-corrected chi connectivity index (χ4v) is 3.01. The third kappa shape index (κ3) is 3.86. The molecule has 0 aliphatic carbocycles. The molecule has 0 saturated carbocycles. The van der Waals surface area contributed by atoms with E-state index in [1.54, 1.807) is 24.4 Å². The van der Waals surface area contributed by atoms with Crippen molar-refractivity contribution < 1.29 is 9.59 Å².